The van der Waals surface area contributed by atoms with E-state index in [1.54, 1.807) is 6.92 Å². The molecule has 25 heavy (non-hydrogen) atoms. The van der Waals surface area contributed by atoms with Crippen LogP contribution in [-0.2, 0) is 14.3 Å². The molecule has 0 spiro atoms. The molecule has 2 aliphatic carbocycles. The molecule has 0 unspecified atom stereocenters. The molecule has 3 aliphatic rings. The highest BCUT2D eigenvalue weighted by molar-refractivity contribution is 5.81. The summed E-state index contributed by atoms with van der Waals surface area (Å²) in [6.07, 6.45) is 7.66. The van der Waals surface area contributed by atoms with Crippen molar-refractivity contribution in [2.45, 2.75) is 38.5 Å². The van der Waals surface area contributed by atoms with E-state index >= 15 is 0 Å². The summed E-state index contributed by atoms with van der Waals surface area (Å²) in [5.41, 5.74) is -0.282. The van der Waals surface area contributed by atoms with Gasteiger partial charge in [-0.1, -0.05) is 18.2 Å². The summed E-state index contributed by atoms with van der Waals surface area (Å²) < 4.78 is 39.1. The van der Waals surface area contributed by atoms with Crippen LogP contribution in [0.1, 0.15) is 32.6 Å². The van der Waals surface area contributed by atoms with Crippen molar-refractivity contribution >= 4 is 12.1 Å². The van der Waals surface area contributed by atoms with E-state index in [0.717, 1.165) is 23.3 Å². The van der Waals surface area contributed by atoms with Crippen LogP contribution in [0.5, 0.6) is 0 Å². The quantitative estimate of drug-likeness (QED) is 0.710. The van der Waals surface area contributed by atoms with Gasteiger partial charge in [-0.15, -0.1) is 0 Å². The van der Waals surface area contributed by atoms with Gasteiger partial charge in [0, 0.05) is 6.54 Å². The number of hydrogen-bond acceptors (Lipinski definition) is 4. The lowest BCUT2D eigenvalue weighted by atomic mass is 9.86. The highest BCUT2D eigenvalue weighted by Crippen LogP contribution is 2.59. The Morgan fingerprint density at radius 1 is 1.28 bits per heavy atom. The topological polar surface area (TPSA) is 55.8 Å². The predicted molar refractivity (Wildman–Crippen MR) is 86.1 cm³/mol. The maximum absolute atomic E-state index is 14.5. The Labute approximate surface area is 145 Å². The van der Waals surface area contributed by atoms with Gasteiger partial charge >= 0.3 is 12.1 Å². The number of carbonyl (C=O) groups is 2. The largest absolute Gasteiger partial charge is 0.466 e. The second-order valence-corrected chi connectivity index (χ2v) is 6.88. The number of esters is 1. The second kappa shape index (κ2) is 6.77. The van der Waals surface area contributed by atoms with E-state index in [4.69, 9.17) is 9.47 Å². The standard InChI is InChI=1S/C18H23F2NO4/c1-2-24-15(22)17(8-9-17)14-10-21(12-18(14,19)20)16(23)25-11-13-6-4-3-5-7-13/h4,6-7,14H,2-3,5,8-12H2,1H3/t14-/m1/s1. The van der Waals surface area contributed by atoms with Crippen LogP contribution in [0, 0.1) is 11.3 Å². The molecule has 0 N–H and O–H groups in total. The van der Waals surface area contributed by atoms with Crippen molar-refractivity contribution in [1.29, 1.82) is 0 Å². The minimum atomic E-state index is -3.12. The molecule has 1 saturated heterocycles. The van der Waals surface area contributed by atoms with Crippen LogP contribution in [-0.4, -0.2) is 49.2 Å². The first kappa shape index (κ1) is 17.9. The molecule has 1 aliphatic heterocycles. The maximum atomic E-state index is 14.5. The number of alkyl halides is 2. The molecule has 0 bridgehead atoms. The molecule has 1 heterocycles. The van der Waals surface area contributed by atoms with Crippen molar-refractivity contribution in [3.8, 4) is 0 Å². The van der Waals surface area contributed by atoms with E-state index in [9.17, 15) is 18.4 Å². The number of hydrogen-bond donors (Lipinski definition) is 0. The van der Waals surface area contributed by atoms with E-state index in [-0.39, 0.29) is 19.8 Å². The van der Waals surface area contributed by atoms with Gasteiger partial charge < -0.3 is 14.4 Å². The Morgan fingerprint density at radius 3 is 2.64 bits per heavy atom. The number of rotatable bonds is 5. The summed E-state index contributed by atoms with van der Waals surface area (Å²) in [5, 5.41) is 0. The minimum Gasteiger partial charge on any atom is -0.466 e. The van der Waals surface area contributed by atoms with Crippen molar-refractivity contribution < 1.29 is 27.8 Å². The summed E-state index contributed by atoms with van der Waals surface area (Å²) in [4.78, 5) is 25.3. The highest BCUT2D eigenvalue weighted by Gasteiger charge is 2.68. The fourth-order valence-electron chi connectivity index (χ4n) is 3.62. The number of likely N-dealkylation sites (tertiary alicyclic amines) is 1. The zero-order valence-corrected chi connectivity index (χ0v) is 14.3. The number of allylic oxidation sites excluding steroid dienone is 2. The van der Waals surface area contributed by atoms with E-state index < -0.39 is 35.9 Å². The van der Waals surface area contributed by atoms with Gasteiger partial charge in [0.25, 0.3) is 5.92 Å². The zero-order chi connectivity index (χ0) is 18.1. The molecule has 5 nitrogen and oxygen atoms in total. The summed E-state index contributed by atoms with van der Waals surface area (Å²) in [6, 6.07) is 0. The Balaban J connectivity index is 1.61. The second-order valence-electron chi connectivity index (χ2n) is 6.88. The fourth-order valence-corrected chi connectivity index (χ4v) is 3.62. The molecule has 2 fully saturated rings. The van der Waals surface area contributed by atoms with Gasteiger partial charge in [-0.3, -0.25) is 4.79 Å². The number of nitrogens with zero attached hydrogens (tertiary/aromatic N) is 1. The summed E-state index contributed by atoms with van der Waals surface area (Å²) >= 11 is 0. The summed E-state index contributed by atoms with van der Waals surface area (Å²) in [7, 11) is 0. The van der Waals surface area contributed by atoms with Crippen LogP contribution in [0.2, 0.25) is 0 Å². The molecular weight excluding hydrogens is 332 g/mol. The van der Waals surface area contributed by atoms with E-state index in [1.165, 1.54) is 0 Å². The van der Waals surface area contributed by atoms with Crippen LogP contribution in [0.3, 0.4) is 0 Å². The molecule has 1 amide bonds. The molecular formula is C18H23F2NO4. The Hall–Kier alpha value is -1.92. The first-order chi connectivity index (χ1) is 11.9. The van der Waals surface area contributed by atoms with E-state index in [1.807, 2.05) is 18.2 Å². The zero-order valence-electron chi connectivity index (χ0n) is 14.3. The minimum absolute atomic E-state index is 0.0745. The van der Waals surface area contributed by atoms with Gasteiger partial charge in [0.1, 0.15) is 6.61 Å². The van der Waals surface area contributed by atoms with Crippen molar-refractivity contribution in [3.63, 3.8) is 0 Å². The van der Waals surface area contributed by atoms with Crippen molar-refractivity contribution in [1.82, 2.24) is 4.90 Å². The predicted octanol–water partition coefficient (Wildman–Crippen LogP) is 3.31. The number of halogens is 2. The van der Waals surface area contributed by atoms with Crippen LogP contribution < -0.4 is 0 Å². The summed E-state index contributed by atoms with van der Waals surface area (Å²) in [5.74, 6) is -4.90. The SMILES string of the molecule is CCOC(=O)C1([C@H]2CN(C(=O)OCC3=CCCC=C3)CC2(F)F)CC1. The Bertz CT molecular complexity index is 610. The molecule has 1 atom stereocenters. The molecule has 0 aromatic heterocycles. The first-order valence-electron chi connectivity index (χ1n) is 8.71. The van der Waals surface area contributed by atoms with Crippen LogP contribution in [0.4, 0.5) is 13.6 Å². The average Bonchev–Trinajstić information content (AvgIpc) is 3.32. The lowest BCUT2D eigenvalue weighted by Gasteiger charge is -2.25. The molecule has 0 aromatic rings. The molecule has 0 radical (unpaired) electrons. The Kier molecular flexibility index (Phi) is 4.84. The number of amides is 1. The normalized spacial score (nSPS) is 26.1. The molecule has 138 valence electrons. The van der Waals surface area contributed by atoms with Gasteiger partial charge in [-0.05, 0) is 38.2 Å². The van der Waals surface area contributed by atoms with E-state index in [0.29, 0.717) is 12.8 Å². The highest BCUT2D eigenvalue weighted by atomic mass is 19.3. The first-order valence-corrected chi connectivity index (χ1v) is 8.71. The van der Waals surface area contributed by atoms with Crippen LogP contribution in [0.15, 0.2) is 23.8 Å². The lowest BCUT2D eigenvalue weighted by molar-refractivity contribution is -0.158. The molecule has 3 rings (SSSR count). The fraction of sp³-hybridized carbons (Fsp3) is 0.667. The van der Waals surface area contributed by atoms with Crippen molar-refractivity contribution in [2.75, 3.05) is 26.3 Å². The van der Waals surface area contributed by atoms with Gasteiger partial charge in [-0.2, -0.15) is 0 Å². The van der Waals surface area contributed by atoms with Crippen LogP contribution >= 0.6 is 0 Å². The van der Waals surface area contributed by atoms with Gasteiger partial charge in [-0.25, -0.2) is 13.6 Å². The average molecular weight is 355 g/mol. The smallest absolute Gasteiger partial charge is 0.410 e. The molecule has 0 aromatic carbocycles. The number of carbonyl (C=O) groups excluding carboxylic acids is 2. The maximum Gasteiger partial charge on any atom is 0.410 e. The third kappa shape index (κ3) is 3.55. The van der Waals surface area contributed by atoms with Gasteiger partial charge in [0.05, 0.1) is 24.5 Å². The molecule has 1 saturated carbocycles. The summed E-state index contributed by atoms with van der Waals surface area (Å²) in [6.45, 7) is 0.989. The van der Waals surface area contributed by atoms with E-state index in [2.05, 4.69) is 0 Å². The monoisotopic (exact) mass is 355 g/mol. The lowest BCUT2D eigenvalue weighted by Crippen LogP contribution is -2.39. The van der Waals surface area contributed by atoms with Crippen LogP contribution in [0.25, 0.3) is 0 Å². The van der Waals surface area contributed by atoms with Crippen molar-refractivity contribution in [3.05, 3.63) is 23.8 Å². The third-order valence-electron chi connectivity index (χ3n) is 5.14. The Morgan fingerprint density at radius 2 is 2.04 bits per heavy atom. The molecule has 7 heteroatoms. The van der Waals surface area contributed by atoms with Gasteiger partial charge in [0.2, 0.25) is 0 Å². The third-order valence-corrected chi connectivity index (χ3v) is 5.14. The number of ether oxygens (including phenoxy) is 2. The van der Waals surface area contributed by atoms with Crippen molar-refractivity contribution in [2.24, 2.45) is 11.3 Å². The van der Waals surface area contributed by atoms with Gasteiger partial charge in [0.15, 0.2) is 0 Å².